The minimum atomic E-state index is -0.704. The van der Waals surface area contributed by atoms with Gasteiger partial charge in [0.15, 0.2) is 0 Å². The fourth-order valence-electron chi connectivity index (χ4n) is 4.03. The molecule has 0 saturated heterocycles. The van der Waals surface area contributed by atoms with Crippen LogP contribution in [0.25, 0.3) is 0 Å². The van der Waals surface area contributed by atoms with Crippen LogP contribution in [0.15, 0.2) is 91.0 Å². The third-order valence-electron chi connectivity index (χ3n) is 5.64. The van der Waals surface area contributed by atoms with E-state index in [1.165, 1.54) is 16.7 Å². The van der Waals surface area contributed by atoms with Crippen molar-refractivity contribution in [3.8, 4) is 0 Å². The predicted molar refractivity (Wildman–Crippen MR) is 130 cm³/mol. The molecule has 3 aromatic rings. The van der Waals surface area contributed by atoms with Crippen molar-refractivity contribution in [2.24, 2.45) is 0 Å². The number of nitrogens with zero attached hydrogens (tertiary/aromatic N) is 1. The van der Waals surface area contributed by atoms with Crippen molar-refractivity contribution >= 4 is 12.4 Å². The van der Waals surface area contributed by atoms with Gasteiger partial charge in [0, 0.05) is 19.1 Å². The summed E-state index contributed by atoms with van der Waals surface area (Å²) in [5.74, 6) is -0.401. The first-order chi connectivity index (χ1) is 16.2. The monoisotopic (exact) mass is 444 g/mol. The van der Waals surface area contributed by atoms with Crippen molar-refractivity contribution in [3.63, 3.8) is 0 Å². The van der Waals surface area contributed by atoms with E-state index in [9.17, 15) is 9.59 Å². The van der Waals surface area contributed by atoms with Gasteiger partial charge in [-0.3, -0.25) is 9.69 Å². The molecule has 0 saturated carbocycles. The molecule has 3 aromatic carbocycles. The Morgan fingerprint density at radius 1 is 0.848 bits per heavy atom. The van der Waals surface area contributed by atoms with Crippen LogP contribution < -0.4 is 5.32 Å². The molecule has 0 aliphatic rings. The van der Waals surface area contributed by atoms with Crippen LogP contribution in [0.2, 0.25) is 0 Å². The molecule has 5 nitrogen and oxygen atoms in total. The van der Waals surface area contributed by atoms with Gasteiger partial charge in [-0.25, -0.2) is 4.79 Å². The van der Waals surface area contributed by atoms with E-state index >= 15 is 0 Å². The second-order valence-corrected chi connectivity index (χ2v) is 8.04. The maximum Gasteiger partial charge on any atom is 0.328 e. The minimum absolute atomic E-state index is 0.00494. The summed E-state index contributed by atoms with van der Waals surface area (Å²) in [5.41, 5.74) is 3.58. The molecule has 0 heterocycles. The van der Waals surface area contributed by atoms with Crippen molar-refractivity contribution < 1.29 is 14.3 Å². The molecule has 0 radical (unpaired) electrons. The molecule has 33 heavy (non-hydrogen) atoms. The molecular weight excluding hydrogens is 412 g/mol. The van der Waals surface area contributed by atoms with Gasteiger partial charge in [0.1, 0.15) is 6.04 Å². The van der Waals surface area contributed by atoms with Crippen LogP contribution >= 0.6 is 0 Å². The van der Waals surface area contributed by atoms with Crippen molar-refractivity contribution in [2.45, 2.75) is 44.9 Å². The number of carbonyl (C=O) groups is 2. The van der Waals surface area contributed by atoms with E-state index in [4.69, 9.17) is 4.74 Å². The third kappa shape index (κ3) is 7.88. The van der Waals surface area contributed by atoms with Crippen LogP contribution in [0, 0.1) is 0 Å². The van der Waals surface area contributed by atoms with Crippen molar-refractivity contribution in [2.75, 3.05) is 6.61 Å². The van der Waals surface area contributed by atoms with Crippen molar-refractivity contribution in [3.05, 3.63) is 108 Å². The lowest BCUT2D eigenvalue weighted by atomic mass is 9.96. The smallest absolute Gasteiger partial charge is 0.328 e. The Hall–Kier alpha value is -3.44. The minimum Gasteiger partial charge on any atom is -0.464 e. The summed E-state index contributed by atoms with van der Waals surface area (Å²) in [5, 5.41) is 2.68. The number of rotatable bonds is 13. The summed E-state index contributed by atoms with van der Waals surface area (Å²) >= 11 is 0. The Morgan fingerprint density at radius 2 is 1.33 bits per heavy atom. The van der Waals surface area contributed by atoms with Gasteiger partial charge in [-0.2, -0.15) is 0 Å². The zero-order chi connectivity index (χ0) is 23.3. The first kappa shape index (κ1) is 24.2. The van der Waals surface area contributed by atoms with Gasteiger partial charge in [0.25, 0.3) is 0 Å². The molecule has 3 rings (SSSR count). The van der Waals surface area contributed by atoms with Gasteiger partial charge < -0.3 is 10.1 Å². The standard InChI is InChI=1S/C28H32N2O3/c1-2-33-28(32)27(29-22-31)19-26(18-23-12-6-3-7-13-23)30(20-24-14-8-4-9-15-24)21-25-16-10-5-11-17-25/h3-17,22,26-27H,2,18-21H2,1H3,(H,29,31)/t26-,27+/m0/s1. The average Bonchev–Trinajstić information content (AvgIpc) is 2.85. The topological polar surface area (TPSA) is 58.6 Å². The zero-order valence-corrected chi connectivity index (χ0v) is 19.1. The first-order valence-corrected chi connectivity index (χ1v) is 11.4. The molecule has 0 aromatic heterocycles. The first-order valence-electron chi connectivity index (χ1n) is 11.4. The average molecular weight is 445 g/mol. The lowest BCUT2D eigenvalue weighted by Crippen LogP contribution is -2.45. The molecule has 1 N–H and O–H groups in total. The van der Waals surface area contributed by atoms with Crippen LogP contribution in [-0.4, -0.2) is 36.0 Å². The fourth-order valence-corrected chi connectivity index (χ4v) is 4.03. The summed E-state index contributed by atoms with van der Waals surface area (Å²) in [6.45, 7) is 3.50. The number of nitrogens with one attached hydrogen (secondary N) is 1. The summed E-state index contributed by atoms with van der Waals surface area (Å²) in [7, 11) is 0. The second-order valence-electron chi connectivity index (χ2n) is 8.04. The molecule has 2 atom stereocenters. The van der Waals surface area contributed by atoms with E-state index in [2.05, 4.69) is 46.6 Å². The molecule has 1 amide bonds. The Bertz CT molecular complexity index is 923. The van der Waals surface area contributed by atoms with Crippen LogP contribution in [-0.2, 0) is 33.8 Å². The second kappa shape index (κ2) is 13.2. The zero-order valence-electron chi connectivity index (χ0n) is 19.1. The quantitative estimate of drug-likeness (QED) is 0.314. The summed E-state index contributed by atoms with van der Waals surface area (Å²) in [4.78, 5) is 26.3. The summed E-state index contributed by atoms with van der Waals surface area (Å²) in [6.07, 6.45) is 1.78. The van der Waals surface area contributed by atoms with Crippen LogP contribution in [0.3, 0.4) is 0 Å². The van der Waals surface area contributed by atoms with Crippen LogP contribution in [0.1, 0.15) is 30.0 Å². The van der Waals surface area contributed by atoms with Gasteiger partial charge in [-0.05, 0) is 36.5 Å². The number of benzene rings is 3. The van der Waals surface area contributed by atoms with E-state index < -0.39 is 12.0 Å². The molecule has 0 unspecified atom stereocenters. The highest BCUT2D eigenvalue weighted by Gasteiger charge is 2.28. The molecule has 0 aliphatic heterocycles. The summed E-state index contributed by atoms with van der Waals surface area (Å²) in [6, 6.07) is 30.2. The maximum atomic E-state index is 12.6. The highest BCUT2D eigenvalue weighted by Crippen LogP contribution is 2.21. The van der Waals surface area contributed by atoms with Gasteiger partial charge >= 0.3 is 5.97 Å². The van der Waals surface area contributed by atoms with E-state index in [-0.39, 0.29) is 12.6 Å². The molecule has 0 bridgehead atoms. The Balaban J connectivity index is 1.93. The van der Waals surface area contributed by atoms with Crippen molar-refractivity contribution in [1.82, 2.24) is 10.2 Å². The number of hydrogen-bond acceptors (Lipinski definition) is 4. The lowest BCUT2D eigenvalue weighted by Gasteiger charge is -2.34. The SMILES string of the molecule is CCOC(=O)[C@@H](C[C@H](Cc1ccccc1)N(Cc1ccccc1)Cc1ccccc1)NC=O. The number of esters is 1. The Labute approximate surface area is 196 Å². The van der Waals surface area contributed by atoms with Crippen molar-refractivity contribution in [1.29, 1.82) is 0 Å². The molecule has 172 valence electrons. The fraction of sp³-hybridized carbons (Fsp3) is 0.286. The molecular formula is C28H32N2O3. The van der Waals surface area contributed by atoms with E-state index in [0.29, 0.717) is 12.8 Å². The summed E-state index contributed by atoms with van der Waals surface area (Å²) < 4.78 is 5.25. The van der Waals surface area contributed by atoms with Gasteiger partial charge in [-0.1, -0.05) is 91.0 Å². The number of ether oxygens (including phenoxy) is 1. The molecule has 0 fully saturated rings. The predicted octanol–water partition coefficient (Wildman–Crippen LogP) is 4.37. The van der Waals surface area contributed by atoms with Gasteiger partial charge in [-0.15, -0.1) is 0 Å². The highest BCUT2D eigenvalue weighted by atomic mass is 16.5. The van der Waals surface area contributed by atoms with Gasteiger partial charge in [0.05, 0.1) is 6.61 Å². The Kier molecular flexibility index (Phi) is 9.67. The highest BCUT2D eigenvalue weighted by molar-refractivity contribution is 5.78. The van der Waals surface area contributed by atoms with E-state index in [1.54, 1.807) is 6.92 Å². The largest absolute Gasteiger partial charge is 0.464 e. The van der Waals surface area contributed by atoms with E-state index in [0.717, 1.165) is 19.5 Å². The third-order valence-corrected chi connectivity index (χ3v) is 5.64. The number of carbonyl (C=O) groups excluding carboxylic acids is 2. The Morgan fingerprint density at radius 3 is 1.79 bits per heavy atom. The number of hydrogen-bond donors (Lipinski definition) is 1. The molecule has 5 heteroatoms. The lowest BCUT2D eigenvalue weighted by molar-refractivity contribution is -0.147. The van der Waals surface area contributed by atoms with Crippen LogP contribution in [0.5, 0.6) is 0 Å². The molecule has 0 spiro atoms. The number of amides is 1. The maximum absolute atomic E-state index is 12.6. The van der Waals surface area contributed by atoms with Gasteiger partial charge in [0.2, 0.25) is 6.41 Å². The normalized spacial score (nSPS) is 12.7. The molecule has 0 aliphatic carbocycles. The van der Waals surface area contributed by atoms with Crippen LogP contribution in [0.4, 0.5) is 0 Å². The van der Waals surface area contributed by atoms with E-state index in [1.807, 2.05) is 54.6 Å².